The fourth-order valence-corrected chi connectivity index (χ4v) is 6.62. The van der Waals surface area contributed by atoms with Gasteiger partial charge in [-0.2, -0.15) is 5.26 Å². The van der Waals surface area contributed by atoms with E-state index in [2.05, 4.69) is 31.5 Å². The number of carbonyl (C=O) groups is 1. The average molecular weight is 690 g/mol. The maximum absolute atomic E-state index is 11.1. The lowest BCUT2D eigenvalue weighted by molar-refractivity contribution is -0.143. The summed E-state index contributed by atoms with van der Waals surface area (Å²) in [5.74, 6) is 0.720. The van der Waals surface area contributed by atoms with Gasteiger partial charge in [0.05, 0.1) is 48.4 Å². The molecular weight excluding hydrogens is 647 g/mol. The van der Waals surface area contributed by atoms with E-state index in [1.165, 1.54) is 48.4 Å². The minimum Gasteiger partial charge on any atom is -0.494 e. The fraction of sp³-hybridized carbons (Fsp3) is 0.457. The highest BCUT2D eigenvalue weighted by Gasteiger charge is 2.09. The number of aliphatic hydroxyl groups is 1. The zero-order chi connectivity index (χ0) is 33.8. The van der Waals surface area contributed by atoms with Crippen molar-refractivity contribution in [2.45, 2.75) is 71.1 Å². The van der Waals surface area contributed by atoms with Crippen molar-refractivity contribution in [3.8, 4) is 11.8 Å². The predicted molar refractivity (Wildman–Crippen MR) is 192 cm³/mol. The molecular formula is C35H43N7O4S2. The molecule has 4 rings (SSSR count). The van der Waals surface area contributed by atoms with Crippen LogP contribution in [0, 0.1) is 11.3 Å². The summed E-state index contributed by atoms with van der Waals surface area (Å²) in [6, 6.07) is 19.3. The number of ether oxygens (including phenoxy) is 2. The van der Waals surface area contributed by atoms with Gasteiger partial charge in [0, 0.05) is 25.2 Å². The van der Waals surface area contributed by atoms with Gasteiger partial charge in [-0.15, -0.1) is 20.5 Å². The van der Waals surface area contributed by atoms with Crippen LogP contribution in [0.25, 0.3) is 9.53 Å². The van der Waals surface area contributed by atoms with Gasteiger partial charge in [0.1, 0.15) is 15.6 Å². The Hall–Kier alpha value is -4.25. The van der Waals surface area contributed by atoms with Crippen LogP contribution in [0.5, 0.6) is 5.75 Å². The number of unbranched alkanes of at least 4 members (excludes halogenated alkanes) is 7. The third-order valence-corrected chi connectivity index (χ3v) is 9.28. The molecule has 0 saturated heterocycles. The number of hydrogen-bond donors (Lipinski definition) is 1. The smallest absolute Gasteiger partial charge is 0.305 e. The van der Waals surface area contributed by atoms with Crippen molar-refractivity contribution in [3.05, 3.63) is 54.6 Å². The number of benzene rings is 2. The number of rotatable bonds is 22. The highest BCUT2D eigenvalue weighted by atomic mass is 32.1. The van der Waals surface area contributed by atoms with Gasteiger partial charge in [-0.3, -0.25) is 4.79 Å². The number of aromatic nitrogens is 1. The third-order valence-electron chi connectivity index (χ3n) is 7.35. The number of esters is 1. The van der Waals surface area contributed by atoms with Crippen molar-refractivity contribution in [1.29, 1.82) is 5.26 Å². The van der Waals surface area contributed by atoms with E-state index in [1.807, 2.05) is 66.4 Å². The van der Waals surface area contributed by atoms with Crippen molar-refractivity contribution in [1.82, 2.24) is 4.98 Å². The second kappa shape index (κ2) is 20.9. The monoisotopic (exact) mass is 689 g/mol. The van der Waals surface area contributed by atoms with Gasteiger partial charge in [-0.25, -0.2) is 4.98 Å². The molecule has 1 N–H and O–H groups in total. The Labute approximate surface area is 290 Å². The summed E-state index contributed by atoms with van der Waals surface area (Å²) >= 11 is 2.90. The van der Waals surface area contributed by atoms with E-state index in [9.17, 15) is 9.90 Å². The number of aliphatic hydroxyl groups excluding tert-OH is 1. The molecule has 0 amide bonds. The minimum atomic E-state index is -0.110. The van der Waals surface area contributed by atoms with Gasteiger partial charge in [-0.05, 0) is 67.4 Å². The Kier molecular flexibility index (Phi) is 15.9. The number of thiophene rings is 1. The normalized spacial score (nSPS) is 11.4. The predicted octanol–water partition coefficient (Wildman–Crippen LogP) is 10.4. The molecule has 4 aromatic rings. The van der Waals surface area contributed by atoms with Gasteiger partial charge in [-0.1, -0.05) is 68.1 Å². The molecule has 0 radical (unpaired) electrons. The Morgan fingerprint density at radius 2 is 1.50 bits per heavy atom. The van der Waals surface area contributed by atoms with E-state index >= 15 is 0 Å². The summed E-state index contributed by atoms with van der Waals surface area (Å²) < 4.78 is 12.0. The van der Waals surface area contributed by atoms with Crippen molar-refractivity contribution >= 4 is 65.4 Å². The molecule has 11 nitrogen and oxygen atoms in total. The van der Waals surface area contributed by atoms with Crippen LogP contribution in [-0.4, -0.2) is 49.0 Å². The second-order valence-electron chi connectivity index (χ2n) is 11.0. The topological polar surface area (TPSA) is 145 Å². The fourth-order valence-electron chi connectivity index (χ4n) is 4.77. The molecule has 0 atom stereocenters. The second-order valence-corrected chi connectivity index (χ2v) is 13.0. The first kappa shape index (κ1) is 36.6. The molecule has 0 unspecified atom stereocenters. The van der Waals surface area contributed by atoms with E-state index < -0.39 is 0 Å². The Balaban J connectivity index is 1.13. The first-order chi connectivity index (χ1) is 23.6. The first-order valence-corrected chi connectivity index (χ1v) is 18.2. The van der Waals surface area contributed by atoms with Gasteiger partial charge in [0.15, 0.2) is 0 Å². The summed E-state index contributed by atoms with van der Waals surface area (Å²) in [7, 11) is 0. The highest BCUT2D eigenvalue weighted by Crippen LogP contribution is 2.39. The van der Waals surface area contributed by atoms with Crippen molar-refractivity contribution < 1.29 is 19.4 Å². The Bertz CT molecular complexity index is 1600. The number of thiazole rings is 1. The lowest BCUT2D eigenvalue weighted by atomic mass is 10.1. The van der Waals surface area contributed by atoms with Gasteiger partial charge in [0.25, 0.3) is 0 Å². The molecule has 0 spiro atoms. The van der Waals surface area contributed by atoms with Crippen LogP contribution in [-0.2, 0) is 9.53 Å². The molecule has 254 valence electrons. The largest absolute Gasteiger partial charge is 0.494 e. The number of nitriles is 1. The van der Waals surface area contributed by atoms with E-state index in [0.717, 1.165) is 57.3 Å². The maximum Gasteiger partial charge on any atom is 0.305 e. The molecule has 0 aliphatic rings. The van der Waals surface area contributed by atoms with Gasteiger partial charge < -0.3 is 19.5 Å². The number of anilines is 1. The molecule has 13 heteroatoms. The van der Waals surface area contributed by atoms with Crippen LogP contribution >= 0.6 is 22.7 Å². The summed E-state index contributed by atoms with van der Waals surface area (Å²) in [6.45, 7) is 4.11. The van der Waals surface area contributed by atoms with E-state index in [0.29, 0.717) is 50.0 Å². The standard InChI is InChI=1S/C35H43N7O4S2/c1-2-33(44)46-25-10-8-6-4-3-5-7-9-24-45-30-18-14-28(15-19-30)38-40-32-26-31-34(48-32)37-35(47-31)41-39-27-12-16-29(17-13-27)42(22-23-43)21-11-20-36/h12-19,26,43H,2-11,21-25H2,1H3. The van der Waals surface area contributed by atoms with Gasteiger partial charge >= 0.3 is 5.97 Å². The summed E-state index contributed by atoms with van der Waals surface area (Å²) in [5.41, 5.74) is 2.36. The number of hydrogen-bond acceptors (Lipinski definition) is 13. The minimum absolute atomic E-state index is 0.0202. The first-order valence-electron chi connectivity index (χ1n) is 16.5. The molecule has 0 aliphatic heterocycles. The van der Waals surface area contributed by atoms with Crippen LogP contribution in [0.3, 0.4) is 0 Å². The molecule has 2 aromatic heterocycles. The molecule has 2 aromatic carbocycles. The molecule has 2 heterocycles. The van der Waals surface area contributed by atoms with Crippen molar-refractivity contribution in [2.75, 3.05) is 37.8 Å². The van der Waals surface area contributed by atoms with Crippen LogP contribution < -0.4 is 9.64 Å². The molecule has 0 fully saturated rings. The number of nitrogens with zero attached hydrogens (tertiary/aromatic N) is 7. The van der Waals surface area contributed by atoms with Crippen molar-refractivity contribution in [3.63, 3.8) is 0 Å². The number of fused-ring (bicyclic) bond motifs is 1. The van der Waals surface area contributed by atoms with Crippen LogP contribution in [0.2, 0.25) is 0 Å². The van der Waals surface area contributed by atoms with Gasteiger partial charge in [0.2, 0.25) is 5.13 Å². The Morgan fingerprint density at radius 1 is 0.854 bits per heavy atom. The Morgan fingerprint density at radius 3 is 2.15 bits per heavy atom. The van der Waals surface area contributed by atoms with E-state index in [1.54, 1.807) is 0 Å². The number of azo groups is 2. The number of carbonyl (C=O) groups excluding carboxylic acids is 1. The van der Waals surface area contributed by atoms with Crippen LogP contribution in [0.1, 0.15) is 71.1 Å². The maximum atomic E-state index is 11.1. The van der Waals surface area contributed by atoms with Crippen LogP contribution in [0.4, 0.5) is 27.2 Å². The molecule has 0 saturated carbocycles. The molecule has 0 bridgehead atoms. The molecule has 48 heavy (non-hydrogen) atoms. The lowest BCUT2D eigenvalue weighted by Crippen LogP contribution is -2.27. The molecule has 0 aliphatic carbocycles. The van der Waals surface area contributed by atoms with Crippen molar-refractivity contribution in [2.24, 2.45) is 20.5 Å². The summed E-state index contributed by atoms with van der Waals surface area (Å²) in [6.07, 6.45) is 9.96. The zero-order valence-corrected chi connectivity index (χ0v) is 29.1. The SMILES string of the molecule is CCC(=O)OCCCCCCCCCCOc1ccc(N=Nc2cc3sc(N=Nc4ccc(N(CCO)CCC#N)cc4)nc3s2)cc1. The zero-order valence-electron chi connectivity index (χ0n) is 27.4. The third kappa shape index (κ3) is 12.7. The van der Waals surface area contributed by atoms with E-state index in [4.69, 9.17) is 14.7 Å². The van der Waals surface area contributed by atoms with E-state index in [-0.39, 0.29) is 12.6 Å². The summed E-state index contributed by atoms with van der Waals surface area (Å²) in [5, 5.41) is 36.9. The summed E-state index contributed by atoms with van der Waals surface area (Å²) in [4.78, 5) is 18.5. The highest BCUT2D eigenvalue weighted by molar-refractivity contribution is 7.30. The lowest BCUT2D eigenvalue weighted by Gasteiger charge is -2.22. The van der Waals surface area contributed by atoms with Crippen LogP contribution in [0.15, 0.2) is 75.1 Å². The average Bonchev–Trinajstić information content (AvgIpc) is 3.68. The quantitative estimate of drug-likeness (QED) is 0.0491.